The van der Waals surface area contributed by atoms with Gasteiger partial charge in [0.15, 0.2) is 0 Å². The van der Waals surface area contributed by atoms with Gasteiger partial charge in [-0.05, 0) is 91.1 Å². The number of hydrogen-bond donors (Lipinski definition) is 2. The lowest BCUT2D eigenvalue weighted by Gasteiger charge is -2.25. The van der Waals surface area contributed by atoms with Crippen molar-refractivity contribution in [1.29, 1.82) is 0 Å². The van der Waals surface area contributed by atoms with Crippen LogP contribution in [0.4, 0.5) is 4.79 Å². The van der Waals surface area contributed by atoms with Gasteiger partial charge < -0.3 is 24.8 Å². The predicted octanol–water partition coefficient (Wildman–Crippen LogP) is 12.3. The molecule has 0 saturated carbocycles. The van der Waals surface area contributed by atoms with Crippen LogP contribution in [0, 0.1) is 5.92 Å². The molecule has 2 N–H and O–H groups in total. The summed E-state index contributed by atoms with van der Waals surface area (Å²) in [4.78, 5) is 39.6. The third-order valence-electron chi connectivity index (χ3n) is 9.56. The number of carboxylic acids is 1. The van der Waals surface area contributed by atoms with Crippen LogP contribution in [-0.4, -0.2) is 67.9 Å². The van der Waals surface area contributed by atoms with Gasteiger partial charge >= 0.3 is 18.0 Å². The lowest BCUT2D eigenvalue weighted by Crippen LogP contribution is -2.45. The lowest BCUT2D eigenvalue weighted by atomic mass is 9.91. The number of rotatable bonds is 38. The molecule has 0 aliphatic heterocycles. The molecule has 0 aromatic carbocycles. The van der Waals surface area contributed by atoms with Crippen LogP contribution in [0.1, 0.15) is 181 Å². The van der Waals surface area contributed by atoms with Gasteiger partial charge in [-0.1, -0.05) is 146 Å². The lowest BCUT2D eigenvalue weighted by molar-refractivity contribution is -0.150. The molecule has 0 bridgehead atoms. The van der Waals surface area contributed by atoms with Gasteiger partial charge in [-0.3, -0.25) is 9.59 Å². The fourth-order valence-electron chi connectivity index (χ4n) is 6.20. The third kappa shape index (κ3) is 36.1. The maximum Gasteiger partial charge on any atom is 0.407 e. The minimum absolute atomic E-state index is 0.174. The molecular weight excluding hydrogens is 677 g/mol. The zero-order valence-corrected chi connectivity index (χ0v) is 35.2. The molecule has 312 valence electrons. The van der Waals surface area contributed by atoms with Crippen molar-refractivity contribution < 1.29 is 29.0 Å². The van der Waals surface area contributed by atoms with Gasteiger partial charge in [0, 0.05) is 6.54 Å². The second-order valence-electron chi connectivity index (χ2n) is 15.0. The Bertz CT molecular complexity index is 1010. The molecule has 0 aliphatic carbocycles. The van der Waals surface area contributed by atoms with E-state index in [-0.39, 0.29) is 13.0 Å². The second-order valence-corrected chi connectivity index (χ2v) is 15.0. The number of carbonyl (C=O) groups excluding carboxylic acids is 2. The Kier molecular flexibility index (Phi) is 37.7. The number of esters is 1. The number of hydrogen-bond acceptors (Lipinski definition) is 6. The Morgan fingerprint density at radius 3 is 1.48 bits per heavy atom. The first kappa shape index (κ1) is 51.1. The van der Waals surface area contributed by atoms with E-state index >= 15 is 0 Å². The van der Waals surface area contributed by atoms with E-state index in [0.29, 0.717) is 19.6 Å². The first-order chi connectivity index (χ1) is 26.3. The molecule has 0 saturated heterocycles. The number of likely N-dealkylation sites (N-methyl/N-ethyl adjacent to an activating group) is 1. The van der Waals surface area contributed by atoms with Gasteiger partial charge in [0.25, 0.3) is 0 Å². The highest BCUT2D eigenvalue weighted by Crippen LogP contribution is 2.21. The summed E-state index contributed by atoms with van der Waals surface area (Å²) in [6.07, 6.45) is 44.6. The number of allylic oxidation sites excluding steroid dienone is 8. The van der Waals surface area contributed by atoms with Crippen molar-refractivity contribution in [3.05, 3.63) is 48.6 Å². The zero-order valence-electron chi connectivity index (χ0n) is 35.2. The van der Waals surface area contributed by atoms with Crippen LogP contribution >= 0.6 is 0 Å². The van der Waals surface area contributed by atoms with Gasteiger partial charge in [-0.25, -0.2) is 4.79 Å². The molecule has 0 aromatic heterocycles. The number of nitrogens with zero attached hydrogens (tertiary/aromatic N) is 1. The molecule has 0 spiro atoms. The van der Waals surface area contributed by atoms with Crippen molar-refractivity contribution in [2.45, 2.75) is 187 Å². The van der Waals surface area contributed by atoms with E-state index in [1.807, 2.05) is 19.0 Å². The predicted molar refractivity (Wildman–Crippen MR) is 227 cm³/mol. The molecule has 54 heavy (non-hydrogen) atoms. The highest BCUT2D eigenvalue weighted by atomic mass is 16.5. The fraction of sp³-hybridized carbons (Fsp3) is 0.761. The first-order valence-corrected chi connectivity index (χ1v) is 21.9. The second kappa shape index (κ2) is 39.8. The highest BCUT2D eigenvalue weighted by Gasteiger charge is 2.32. The van der Waals surface area contributed by atoms with Crippen molar-refractivity contribution in [3.8, 4) is 0 Å². The SMILES string of the molecule is CCCCC/C=C\C/C=C\CCCCCCCCOC(=O)C(CCCCCCCC/C=C\C/C=C\CCCCC)C(CC(=O)O)NC(=O)OCCN(C)C. The van der Waals surface area contributed by atoms with Crippen LogP contribution in [0.15, 0.2) is 48.6 Å². The van der Waals surface area contributed by atoms with Crippen molar-refractivity contribution in [1.82, 2.24) is 10.2 Å². The quantitative estimate of drug-likeness (QED) is 0.0367. The van der Waals surface area contributed by atoms with Crippen LogP contribution in [-0.2, 0) is 19.1 Å². The Labute approximate surface area is 331 Å². The summed E-state index contributed by atoms with van der Waals surface area (Å²) in [5, 5.41) is 12.3. The number of aliphatic carboxylic acids is 1. The summed E-state index contributed by atoms with van der Waals surface area (Å²) in [6.45, 7) is 5.49. The van der Waals surface area contributed by atoms with E-state index in [2.05, 4.69) is 67.8 Å². The minimum Gasteiger partial charge on any atom is -0.481 e. The van der Waals surface area contributed by atoms with Crippen molar-refractivity contribution in [2.75, 3.05) is 33.9 Å². The zero-order chi connectivity index (χ0) is 39.7. The van der Waals surface area contributed by atoms with E-state index in [0.717, 1.165) is 77.0 Å². The summed E-state index contributed by atoms with van der Waals surface area (Å²) in [5.41, 5.74) is 0. The summed E-state index contributed by atoms with van der Waals surface area (Å²) in [7, 11) is 3.76. The van der Waals surface area contributed by atoms with Gasteiger partial charge in [0.2, 0.25) is 0 Å². The van der Waals surface area contributed by atoms with Gasteiger partial charge in [-0.2, -0.15) is 0 Å². The van der Waals surface area contributed by atoms with E-state index in [1.165, 1.54) is 77.0 Å². The van der Waals surface area contributed by atoms with E-state index in [9.17, 15) is 19.5 Å². The summed E-state index contributed by atoms with van der Waals surface area (Å²) >= 11 is 0. The number of nitrogens with one attached hydrogen (secondary N) is 1. The van der Waals surface area contributed by atoms with Crippen LogP contribution < -0.4 is 5.32 Å². The van der Waals surface area contributed by atoms with Gasteiger partial charge in [0.05, 0.1) is 25.0 Å². The molecule has 2 atom stereocenters. The Morgan fingerprint density at radius 2 is 1.02 bits per heavy atom. The Balaban J connectivity index is 4.63. The van der Waals surface area contributed by atoms with E-state index in [1.54, 1.807) is 0 Å². The molecule has 1 amide bonds. The molecule has 0 aliphatic rings. The monoisotopic (exact) mass is 759 g/mol. The summed E-state index contributed by atoms with van der Waals surface area (Å²) < 4.78 is 11.0. The van der Waals surface area contributed by atoms with Crippen molar-refractivity contribution in [2.24, 2.45) is 5.92 Å². The molecule has 0 aromatic rings. The molecule has 2 unspecified atom stereocenters. The molecule has 0 heterocycles. The van der Waals surface area contributed by atoms with Crippen LogP contribution in [0.2, 0.25) is 0 Å². The number of unbranched alkanes of at least 4 members (excludes halogenated alkanes) is 18. The van der Waals surface area contributed by atoms with Gasteiger partial charge in [0.1, 0.15) is 6.61 Å². The first-order valence-electron chi connectivity index (χ1n) is 21.9. The van der Waals surface area contributed by atoms with Crippen LogP contribution in [0.5, 0.6) is 0 Å². The number of alkyl carbamates (subject to hydrolysis) is 1. The minimum atomic E-state index is -1.08. The molecular formula is C46H82N2O6. The Morgan fingerprint density at radius 1 is 0.574 bits per heavy atom. The van der Waals surface area contributed by atoms with Crippen LogP contribution in [0.3, 0.4) is 0 Å². The average molecular weight is 759 g/mol. The van der Waals surface area contributed by atoms with Crippen molar-refractivity contribution in [3.63, 3.8) is 0 Å². The highest BCUT2D eigenvalue weighted by molar-refractivity contribution is 5.77. The molecule has 0 radical (unpaired) electrons. The average Bonchev–Trinajstić information content (AvgIpc) is 3.13. The van der Waals surface area contributed by atoms with Crippen LogP contribution in [0.25, 0.3) is 0 Å². The normalized spacial score (nSPS) is 13.1. The largest absolute Gasteiger partial charge is 0.481 e. The van der Waals surface area contributed by atoms with Crippen molar-refractivity contribution >= 4 is 18.0 Å². The molecule has 0 fully saturated rings. The molecule has 8 nitrogen and oxygen atoms in total. The maximum absolute atomic E-state index is 13.4. The number of carboxylic acid groups (broad SMARTS) is 1. The number of ether oxygens (including phenoxy) is 2. The van der Waals surface area contributed by atoms with E-state index in [4.69, 9.17) is 9.47 Å². The Hall–Kier alpha value is -2.87. The fourth-order valence-corrected chi connectivity index (χ4v) is 6.20. The number of carbonyl (C=O) groups is 3. The summed E-state index contributed by atoms with van der Waals surface area (Å²) in [5.74, 6) is -2.24. The third-order valence-corrected chi connectivity index (χ3v) is 9.56. The van der Waals surface area contributed by atoms with Gasteiger partial charge in [-0.15, -0.1) is 0 Å². The smallest absolute Gasteiger partial charge is 0.407 e. The number of amides is 1. The van der Waals surface area contributed by atoms with E-state index < -0.39 is 30.0 Å². The molecule has 0 rings (SSSR count). The standard InChI is InChI=1S/C46H82N2O6/c1-5-7-9-11-13-15-17-19-21-23-25-27-29-31-33-35-37-42(43(41-44(49)50)47-46(52)54-40-38-48(3)4)45(51)53-39-36-34-32-30-28-26-24-22-20-18-16-14-12-10-8-6-2/h13-16,19-22,42-43H,5-12,17-18,23-41H2,1-4H3,(H,47,52)(H,49,50)/b15-13-,16-14-,21-19-,22-20-. The topological polar surface area (TPSA) is 105 Å². The molecule has 8 heteroatoms. The summed E-state index contributed by atoms with van der Waals surface area (Å²) in [6, 6.07) is -0.893. The maximum atomic E-state index is 13.4.